The molecule has 22 heavy (non-hydrogen) atoms. The average molecular weight is 297 g/mol. The lowest BCUT2D eigenvalue weighted by molar-refractivity contribution is 0.0950. The third-order valence-electron chi connectivity index (χ3n) is 3.65. The number of ether oxygens (including phenoxy) is 1. The number of carbonyl (C=O) groups is 1. The minimum Gasteiger partial charge on any atom is -0.378 e. The van der Waals surface area contributed by atoms with Crippen molar-refractivity contribution in [2.75, 3.05) is 31.2 Å². The summed E-state index contributed by atoms with van der Waals surface area (Å²) in [5, 5.41) is 2.96. The molecule has 1 aromatic carbocycles. The molecular formula is C17H19N3O2. The Balaban J connectivity index is 1.69. The molecule has 3 rings (SSSR count). The van der Waals surface area contributed by atoms with Gasteiger partial charge in [0.25, 0.3) is 5.91 Å². The molecule has 0 atom stereocenters. The number of anilines is 1. The number of hydrogen-bond donors (Lipinski definition) is 1. The van der Waals surface area contributed by atoms with Gasteiger partial charge in [-0.05, 0) is 18.2 Å². The Morgan fingerprint density at radius 1 is 1.14 bits per heavy atom. The molecule has 5 nitrogen and oxygen atoms in total. The number of carbonyl (C=O) groups excluding carboxylic acids is 1. The summed E-state index contributed by atoms with van der Waals surface area (Å²) in [5.74, 6) is 0.858. The van der Waals surface area contributed by atoms with E-state index in [0.717, 1.165) is 24.5 Å². The Labute approximate surface area is 129 Å². The predicted octanol–water partition coefficient (Wildman–Crippen LogP) is 1.85. The van der Waals surface area contributed by atoms with Gasteiger partial charge < -0.3 is 15.0 Å². The highest BCUT2D eigenvalue weighted by Gasteiger charge is 2.16. The van der Waals surface area contributed by atoms with Gasteiger partial charge in [-0.1, -0.05) is 24.3 Å². The lowest BCUT2D eigenvalue weighted by Crippen LogP contribution is -2.37. The smallest absolute Gasteiger partial charge is 0.251 e. The van der Waals surface area contributed by atoms with Crippen molar-refractivity contribution in [3.8, 4) is 0 Å². The maximum atomic E-state index is 12.1. The van der Waals surface area contributed by atoms with E-state index < -0.39 is 0 Å². The molecular weight excluding hydrogens is 278 g/mol. The fourth-order valence-electron chi connectivity index (χ4n) is 2.50. The molecule has 1 saturated heterocycles. The molecule has 0 saturated carbocycles. The van der Waals surface area contributed by atoms with Crippen molar-refractivity contribution in [2.24, 2.45) is 0 Å². The van der Waals surface area contributed by atoms with Gasteiger partial charge in [0.1, 0.15) is 5.82 Å². The van der Waals surface area contributed by atoms with Crippen molar-refractivity contribution in [1.29, 1.82) is 0 Å². The fourth-order valence-corrected chi connectivity index (χ4v) is 2.50. The molecule has 1 aliphatic heterocycles. The zero-order valence-electron chi connectivity index (χ0n) is 12.4. The van der Waals surface area contributed by atoms with Gasteiger partial charge in [-0.15, -0.1) is 0 Å². The van der Waals surface area contributed by atoms with Gasteiger partial charge >= 0.3 is 0 Å². The normalized spacial score (nSPS) is 14.6. The van der Waals surface area contributed by atoms with Gasteiger partial charge in [-0.3, -0.25) is 4.79 Å². The lowest BCUT2D eigenvalue weighted by Gasteiger charge is -2.29. The molecule has 1 aliphatic rings. The standard InChI is InChI=1S/C17H19N3O2/c21-17(14-5-2-1-3-6-14)19-13-15-7-4-8-18-16(15)20-9-11-22-12-10-20/h1-8H,9-13H2,(H,19,21). The van der Waals surface area contributed by atoms with E-state index >= 15 is 0 Å². The van der Waals surface area contributed by atoms with Crippen molar-refractivity contribution in [2.45, 2.75) is 6.54 Å². The number of nitrogens with one attached hydrogen (secondary N) is 1. The van der Waals surface area contributed by atoms with E-state index in [9.17, 15) is 4.79 Å². The summed E-state index contributed by atoms with van der Waals surface area (Å²) in [5.41, 5.74) is 1.69. The first-order valence-corrected chi connectivity index (χ1v) is 7.44. The summed E-state index contributed by atoms with van der Waals surface area (Å²) in [4.78, 5) is 18.8. The van der Waals surface area contributed by atoms with Crippen LogP contribution in [0.1, 0.15) is 15.9 Å². The van der Waals surface area contributed by atoms with Crippen LogP contribution >= 0.6 is 0 Å². The summed E-state index contributed by atoms with van der Waals surface area (Å²) < 4.78 is 5.38. The number of benzene rings is 1. The van der Waals surface area contributed by atoms with E-state index in [-0.39, 0.29) is 5.91 Å². The van der Waals surface area contributed by atoms with Gasteiger partial charge in [0.15, 0.2) is 0 Å². The third-order valence-corrected chi connectivity index (χ3v) is 3.65. The Hall–Kier alpha value is -2.40. The molecule has 1 fully saturated rings. The van der Waals surface area contributed by atoms with Crippen LogP contribution in [0, 0.1) is 0 Å². The first kappa shape index (κ1) is 14.5. The summed E-state index contributed by atoms with van der Waals surface area (Å²) in [6.45, 7) is 3.56. The predicted molar refractivity (Wildman–Crippen MR) is 84.9 cm³/mol. The summed E-state index contributed by atoms with van der Waals surface area (Å²) in [6, 6.07) is 13.1. The monoisotopic (exact) mass is 297 g/mol. The van der Waals surface area contributed by atoms with Crippen LogP contribution in [0.2, 0.25) is 0 Å². The third kappa shape index (κ3) is 3.43. The molecule has 114 valence electrons. The fraction of sp³-hybridized carbons (Fsp3) is 0.294. The summed E-state index contributed by atoms with van der Waals surface area (Å²) >= 11 is 0. The number of pyridine rings is 1. The Morgan fingerprint density at radius 2 is 1.91 bits per heavy atom. The second kappa shape index (κ2) is 7.04. The van der Waals surface area contributed by atoms with Crippen LogP contribution in [-0.4, -0.2) is 37.2 Å². The highest BCUT2D eigenvalue weighted by molar-refractivity contribution is 5.94. The SMILES string of the molecule is O=C(NCc1cccnc1N1CCOCC1)c1ccccc1. The molecule has 0 radical (unpaired) electrons. The first-order chi connectivity index (χ1) is 10.8. The van der Waals surface area contributed by atoms with Gasteiger partial charge in [-0.2, -0.15) is 0 Å². The van der Waals surface area contributed by atoms with Crippen molar-refractivity contribution in [3.05, 3.63) is 59.8 Å². The maximum absolute atomic E-state index is 12.1. The minimum atomic E-state index is -0.0719. The van der Waals surface area contributed by atoms with Crippen LogP contribution in [0.25, 0.3) is 0 Å². The molecule has 1 N–H and O–H groups in total. The molecule has 1 aromatic heterocycles. The van der Waals surface area contributed by atoms with Gasteiger partial charge in [0, 0.05) is 37.0 Å². The van der Waals surface area contributed by atoms with Crippen LogP contribution in [0.3, 0.4) is 0 Å². The average Bonchev–Trinajstić information content (AvgIpc) is 2.61. The zero-order valence-corrected chi connectivity index (χ0v) is 12.4. The van der Waals surface area contributed by atoms with Gasteiger partial charge in [0.2, 0.25) is 0 Å². The van der Waals surface area contributed by atoms with Crippen molar-refractivity contribution in [3.63, 3.8) is 0 Å². The van der Waals surface area contributed by atoms with E-state index in [1.54, 1.807) is 6.20 Å². The molecule has 1 amide bonds. The molecule has 0 spiro atoms. The van der Waals surface area contributed by atoms with Crippen LogP contribution < -0.4 is 10.2 Å². The van der Waals surface area contributed by atoms with E-state index in [4.69, 9.17) is 4.74 Å². The largest absolute Gasteiger partial charge is 0.378 e. The highest BCUT2D eigenvalue weighted by Crippen LogP contribution is 2.18. The zero-order chi connectivity index (χ0) is 15.2. The van der Waals surface area contributed by atoms with Crippen LogP contribution in [0.5, 0.6) is 0 Å². The molecule has 0 bridgehead atoms. The number of aromatic nitrogens is 1. The highest BCUT2D eigenvalue weighted by atomic mass is 16.5. The topological polar surface area (TPSA) is 54.5 Å². The van der Waals surface area contributed by atoms with Crippen LogP contribution in [0.15, 0.2) is 48.7 Å². The first-order valence-electron chi connectivity index (χ1n) is 7.44. The Kier molecular flexibility index (Phi) is 4.65. The quantitative estimate of drug-likeness (QED) is 0.936. The lowest BCUT2D eigenvalue weighted by atomic mass is 10.2. The molecule has 2 aromatic rings. The number of hydrogen-bond acceptors (Lipinski definition) is 4. The van der Waals surface area contributed by atoms with Crippen molar-refractivity contribution in [1.82, 2.24) is 10.3 Å². The maximum Gasteiger partial charge on any atom is 0.251 e. The van der Waals surface area contributed by atoms with E-state index in [0.29, 0.717) is 25.3 Å². The number of morpholine rings is 1. The summed E-state index contributed by atoms with van der Waals surface area (Å²) in [7, 11) is 0. The van der Waals surface area contributed by atoms with Crippen LogP contribution in [-0.2, 0) is 11.3 Å². The molecule has 2 heterocycles. The number of nitrogens with zero attached hydrogens (tertiary/aromatic N) is 2. The summed E-state index contributed by atoms with van der Waals surface area (Å²) in [6.07, 6.45) is 1.79. The molecule has 0 unspecified atom stereocenters. The van der Waals surface area contributed by atoms with Crippen molar-refractivity contribution >= 4 is 11.7 Å². The van der Waals surface area contributed by atoms with Crippen LogP contribution in [0.4, 0.5) is 5.82 Å². The Morgan fingerprint density at radius 3 is 2.68 bits per heavy atom. The number of rotatable bonds is 4. The second-order valence-electron chi connectivity index (χ2n) is 5.13. The second-order valence-corrected chi connectivity index (χ2v) is 5.13. The molecule has 0 aliphatic carbocycles. The van der Waals surface area contributed by atoms with Crippen molar-refractivity contribution < 1.29 is 9.53 Å². The van der Waals surface area contributed by atoms with E-state index in [2.05, 4.69) is 15.2 Å². The molecule has 5 heteroatoms. The van der Waals surface area contributed by atoms with Gasteiger partial charge in [-0.25, -0.2) is 4.98 Å². The van der Waals surface area contributed by atoms with E-state index in [1.807, 2.05) is 42.5 Å². The van der Waals surface area contributed by atoms with Gasteiger partial charge in [0.05, 0.1) is 13.2 Å². The minimum absolute atomic E-state index is 0.0719. The Bertz CT molecular complexity index is 625. The van der Waals surface area contributed by atoms with E-state index in [1.165, 1.54) is 0 Å². The number of amides is 1.